The Labute approximate surface area is 97.0 Å². The normalized spacial score (nSPS) is 15.5. The summed E-state index contributed by atoms with van der Waals surface area (Å²) in [6.45, 7) is 1.18. The Morgan fingerprint density at radius 1 is 1.65 bits per heavy atom. The molecule has 1 N–H and O–H groups in total. The minimum atomic E-state index is -0.555. The monoisotopic (exact) mass is 240 g/mol. The van der Waals surface area contributed by atoms with Crippen LogP contribution in [0.25, 0.3) is 0 Å². The van der Waals surface area contributed by atoms with Crippen LogP contribution in [0.15, 0.2) is 6.33 Å². The zero-order chi connectivity index (χ0) is 12.4. The number of aromatic nitrogens is 2. The SMILES string of the molecule is COc1ncnc(N2CC(CO)C2)c1[N+](=O)[O-]. The standard InChI is InChI=1S/C9H12N4O4/c1-17-9-7(13(15)16)8(10-5-11-9)12-2-6(3-12)4-14/h5-6,14H,2-4H2,1H3. The maximum absolute atomic E-state index is 11.0. The van der Waals surface area contributed by atoms with Gasteiger partial charge in [0.15, 0.2) is 0 Å². The highest BCUT2D eigenvalue weighted by Gasteiger charge is 2.34. The molecule has 2 rings (SSSR count). The Morgan fingerprint density at radius 3 is 2.88 bits per heavy atom. The molecule has 0 radical (unpaired) electrons. The number of hydrogen-bond acceptors (Lipinski definition) is 7. The molecule has 0 saturated carbocycles. The van der Waals surface area contributed by atoms with Crippen LogP contribution >= 0.6 is 0 Å². The smallest absolute Gasteiger partial charge is 0.372 e. The summed E-state index contributed by atoms with van der Waals surface area (Å²) in [6.07, 6.45) is 1.23. The van der Waals surface area contributed by atoms with Crippen molar-refractivity contribution in [3.8, 4) is 5.88 Å². The Balaban J connectivity index is 2.31. The van der Waals surface area contributed by atoms with E-state index in [0.29, 0.717) is 13.1 Å². The minimum Gasteiger partial charge on any atom is -0.476 e. The number of anilines is 1. The number of nitro groups is 1. The molecule has 8 heteroatoms. The van der Waals surface area contributed by atoms with Gasteiger partial charge in [0.25, 0.3) is 5.88 Å². The first-order chi connectivity index (χ1) is 8.17. The number of methoxy groups -OCH3 is 1. The largest absolute Gasteiger partial charge is 0.476 e. The third kappa shape index (κ3) is 1.98. The zero-order valence-corrected chi connectivity index (χ0v) is 9.24. The third-order valence-electron chi connectivity index (χ3n) is 2.66. The molecule has 92 valence electrons. The lowest BCUT2D eigenvalue weighted by Gasteiger charge is -2.38. The fraction of sp³-hybridized carbons (Fsp3) is 0.556. The lowest BCUT2D eigenvalue weighted by Crippen LogP contribution is -2.49. The summed E-state index contributed by atoms with van der Waals surface area (Å²) in [7, 11) is 1.33. The second-order valence-electron chi connectivity index (χ2n) is 3.77. The number of nitrogens with zero attached hydrogens (tertiary/aromatic N) is 4. The molecule has 17 heavy (non-hydrogen) atoms. The Kier molecular flexibility index (Phi) is 3.05. The van der Waals surface area contributed by atoms with Crippen molar-refractivity contribution in [2.24, 2.45) is 5.92 Å². The van der Waals surface area contributed by atoms with E-state index in [1.165, 1.54) is 13.4 Å². The summed E-state index contributed by atoms with van der Waals surface area (Å²) in [4.78, 5) is 19.8. The van der Waals surface area contributed by atoms with Crippen LogP contribution in [0.4, 0.5) is 11.5 Å². The summed E-state index contributed by atoms with van der Waals surface area (Å²) < 4.78 is 4.85. The first-order valence-electron chi connectivity index (χ1n) is 5.06. The average molecular weight is 240 g/mol. The molecule has 0 aliphatic carbocycles. The highest BCUT2D eigenvalue weighted by molar-refractivity contribution is 5.63. The van der Waals surface area contributed by atoms with E-state index in [9.17, 15) is 10.1 Å². The molecule has 1 saturated heterocycles. The number of aliphatic hydroxyl groups excluding tert-OH is 1. The third-order valence-corrected chi connectivity index (χ3v) is 2.66. The van der Waals surface area contributed by atoms with Crippen LogP contribution in [0, 0.1) is 16.0 Å². The van der Waals surface area contributed by atoms with E-state index in [2.05, 4.69) is 9.97 Å². The molecule has 1 aromatic heterocycles. The van der Waals surface area contributed by atoms with Crippen LogP contribution in [-0.2, 0) is 0 Å². The number of rotatable bonds is 4. The van der Waals surface area contributed by atoms with E-state index in [1.807, 2.05) is 0 Å². The van der Waals surface area contributed by atoms with E-state index in [4.69, 9.17) is 9.84 Å². The van der Waals surface area contributed by atoms with Gasteiger partial charge in [-0.3, -0.25) is 10.1 Å². The van der Waals surface area contributed by atoms with Gasteiger partial charge in [-0.25, -0.2) is 4.98 Å². The summed E-state index contributed by atoms with van der Waals surface area (Å²) in [6, 6.07) is 0. The second kappa shape index (κ2) is 4.50. The number of aliphatic hydroxyl groups is 1. The van der Waals surface area contributed by atoms with Crippen molar-refractivity contribution < 1.29 is 14.8 Å². The van der Waals surface area contributed by atoms with Gasteiger partial charge in [0.2, 0.25) is 5.82 Å². The lowest BCUT2D eigenvalue weighted by atomic mass is 10.0. The van der Waals surface area contributed by atoms with Crippen LogP contribution in [0.1, 0.15) is 0 Å². The number of hydrogen-bond donors (Lipinski definition) is 1. The fourth-order valence-corrected chi connectivity index (χ4v) is 1.75. The Hall–Kier alpha value is -1.96. The van der Waals surface area contributed by atoms with Crippen molar-refractivity contribution in [1.29, 1.82) is 0 Å². The molecule has 0 spiro atoms. The van der Waals surface area contributed by atoms with Gasteiger partial charge in [-0.05, 0) is 0 Å². The first kappa shape index (κ1) is 11.5. The molecule has 2 heterocycles. The first-order valence-corrected chi connectivity index (χ1v) is 5.06. The van der Waals surface area contributed by atoms with Gasteiger partial charge in [-0.15, -0.1) is 0 Å². The Bertz CT molecular complexity index is 433. The fourth-order valence-electron chi connectivity index (χ4n) is 1.75. The molecule has 1 aliphatic rings. The predicted octanol–water partition coefficient (Wildman–Crippen LogP) is -0.178. The van der Waals surface area contributed by atoms with Crippen molar-refractivity contribution in [2.75, 3.05) is 31.7 Å². The van der Waals surface area contributed by atoms with E-state index < -0.39 is 4.92 Å². The molecular formula is C9H12N4O4. The van der Waals surface area contributed by atoms with Crippen molar-refractivity contribution in [3.63, 3.8) is 0 Å². The van der Waals surface area contributed by atoms with E-state index in [-0.39, 0.29) is 29.9 Å². The van der Waals surface area contributed by atoms with Crippen LogP contribution in [0.5, 0.6) is 5.88 Å². The van der Waals surface area contributed by atoms with Crippen LogP contribution in [0.2, 0.25) is 0 Å². The highest BCUT2D eigenvalue weighted by Crippen LogP contribution is 2.36. The quantitative estimate of drug-likeness (QED) is 0.575. The van der Waals surface area contributed by atoms with Gasteiger partial charge < -0.3 is 14.7 Å². The average Bonchev–Trinajstić information content (AvgIpc) is 2.27. The lowest BCUT2D eigenvalue weighted by molar-refractivity contribution is -0.385. The van der Waals surface area contributed by atoms with E-state index in [0.717, 1.165) is 0 Å². The van der Waals surface area contributed by atoms with E-state index >= 15 is 0 Å². The molecule has 0 amide bonds. The highest BCUT2D eigenvalue weighted by atomic mass is 16.6. The second-order valence-corrected chi connectivity index (χ2v) is 3.77. The van der Waals surface area contributed by atoms with Crippen molar-refractivity contribution in [1.82, 2.24) is 9.97 Å². The summed E-state index contributed by atoms with van der Waals surface area (Å²) in [5.41, 5.74) is -0.230. The van der Waals surface area contributed by atoms with Gasteiger partial charge in [-0.1, -0.05) is 0 Å². The Morgan fingerprint density at radius 2 is 2.35 bits per heavy atom. The molecule has 1 aromatic rings. The minimum absolute atomic E-state index is 0.0487. The molecule has 0 unspecified atom stereocenters. The summed E-state index contributed by atoms with van der Waals surface area (Å²) in [5, 5.41) is 19.9. The van der Waals surface area contributed by atoms with Crippen molar-refractivity contribution in [2.45, 2.75) is 0 Å². The van der Waals surface area contributed by atoms with Crippen LogP contribution in [0.3, 0.4) is 0 Å². The van der Waals surface area contributed by atoms with E-state index in [1.54, 1.807) is 4.90 Å². The molecule has 0 bridgehead atoms. The van der Waals surface area contributed by atoms with Gasteiger partial charge in [0.1, 0.15) is 6.33 Å². The molecule has 8 nitrogen and oxygen atoms in total. The van der Waals surface area contributed by atoms with Gasteiger partial charge >= 0.3 is 5.69 Å². The topological polar surface area (TPSA) is 102 Å². The maximum atomic E-state index is 11.0. The van der Waals surface area contributed by atoms with Crippen LogP contribution in [-0.4, -0.2) is 46.8 Å². The van der Waals surface area contributed by atoms with Crippen molar-refractivity contribution >= 4 is 11.5 Å². The molecular weight excluding hydrogens is 228 g/mol. The van der Waals surface area contributed by atoms with Crippen molar-refractivity contribution in [3.05, 3.63) is 16.4 Å². The van der Waals surface area contributed by atoms with Gasteiger partial charge in [0.05, 0.1) is 12.0 Å². The molecule has 1 fully saturated rings. The molecule has 1 aliphatic heterocycles. The summed E-state index contributed by atoms with van der Waals surface area (Å²) in [5.74, 6) is 0.342. The van der Waals surface area contributed by atoms with Gasteiger partial charge in [0, 0.05) is 25.6 Å². The van der Waals surface area contributed by atoms with Gasteiger partial charge in [-0.2, -0.15) is 4.98 Å². The number of ether oxygens (including phenoxy) is 1. The molecule has 0 atom stereocenters. The summed E-state index contributed by atoms with van der Waals surface area (Å²) >= 11 is 0. The zero-order valence-electron chi connectivity index (χ0n) is 9.24. The predicted molar refractivity (Wildman–Crippen MR) is 58.0 cm³/mol. The maximum Gasteiger partial charge on any atom is 0.372 e. The van der Waals surface area contributed by atoms with Crippen LogP contribution < -0.4 is 9.64 Å². The molecule has 0 aromatic carbocycles.